The van der Waals surface area contributed by atoms with Crippen LogP contribution in [0.5, 0.6) is 0 Å². The average Bonchev–Trinajstić information content (AvgIpc) is 2.72. The van der Waals surface area contributed by atoms with Crippen LogP contribution >= 0.6 is 11.5 Å². The highest BCUT2D eigenvalue weighted by Gasteiger charge is 2.42. The summed E-state index contributed by atoms with van der Waals surface area (Å²) in [4.78, 5) is 13.8. The smallest absolute Gasteiger partial charge is 0.323 e. The topological polar surface area (TPSA) is 71.8 Å². The zero-order chi connectivity index (χ0) is 11.8. The lowest BCUT2D eigenvalue weighted by molar-refractivity contribution is 0.256. The zero-order valence-electron chi connectivity index (χ0n) is 9.88. The predicted octanol–water partition coefficient (Wildman–Crippen LogP) is 1.53. The fraction of sp³-hybridized carbons (Fsp3) is 0.818. The van der Waals surface area contributed by atoms with Crippen molar-refractivity contribution >= 4 is 11.5 Å². The minimum Gasteiger partial charge on any atom is -0.330 e. The molecule has 0 unspecified atom stereocenters. The van der Waals surface area contributed by atoms with E-state index in [2.05, 4.69) is 23.2 Å². The predicted molar refractivity (Wildman–Crippen MR) is 65.6 cm³/mol. The molecule has 2 rings (SSSR count). The Balaban J connectivity index is 2.15. The molecule has 1 fully saturated rings. The van der Waals surface area contributed by atoms with Crippen LogP contribution in [0.15, 0.2) is 4.79 Å². The number of nitrogens with zero attached hydrogens (tertiary/aromatic N) is 1. The number of nitrogens with two attached hydrogens (primary N) is 1. The van der Waals surface area contributed by atoms with Crippen LogP contribution in [0.25, 0.3) is 0 Å². The van der Waals surface area contributed by atoms with Crippen LogP contribution in [0.4, 0.5) is 0 Å². The van der Waals surface area contributed by atoms with Crippen LogP contribution < -0.4 is 10.6 Å². The van der Waals surface area contributed by atoms with Gasteiger partial charge in [0.1, 0.15) is 5.82 Å². The molecule has 90 valence electrons. The van der Waals surface area contributed by atoms with E-state index in [0.29, 0.717) is 12.0 Å². The van der Waals surface area contributed by atoms with Crippen LogP contribution in [0.1, 0.15) is 38.9 Å². The van der Waals surface area contributed by atoms with Gasteiger partial charge in [-0.1, -0.05) is 13.8 Å². The van der Waals surface area contributed by atoms with E-state index in [1.807, 2.05) is 0 Å². The Bertz CT molecular complexity index is 423. The fourth-order valence-corrected chi connectivity index (χ4v) is 3.35. The molecule has 0 saturated heterocycles. The van der Waals surface area contributed by atoms with E-state index in [-0.39, 0.29) is 10.3 Å². The van der Waals surface area contributed by atoms with Gasteiger partial charge in [0.05, 0.1) is 0 Å². The first-order valence-electron chi connectivity index (χ1n) is 5.70. The summed E-state index contributed by atoms with van der Waals surface area (Å²) in [5.74, 6) is 0.804. The van der Waals surface area contributed by atoms with Crippen molar-refractivity contribution in [3.05, 3.63) is 15.5 Å². The number of aromatic amines is 1. The van der Waals surface area contributed by atoms with Gasteiger partial charge in [-0.15, -0.1) is 0 Å². The summed E-state index contributed by atoms with van der Waals surface area (Å²) < 4.78 is 4.14. The molecule has 16 heavy (non-hydrogen) atoms. The molecular weight excluding hydrogens is 222 g/mol. The number of rotatable bonds is 3. The van der Waals surface area contributed by atoms with Crippen molar-refractivity contribution in [2.45, 2.75) is 39.5 Å². The second-order valence-corrected chi connectivity index (χ2v) is 6.50. The van der Waals surface area contributed by atoms with Gasteiger partial charge in [0.25, 0.3) is 0 Å². The van der Waals surface area contributed by atoms with E-state index < -0.39 is 0 Å². The quantitative estimate of drug-likeness (QED) is 0.843. The summed E-state index contributed by atoms with van der Waals surface area (Å²) in [7, 11) is 0. The number of H-pyrrole nitrogens is 1. The van der Waals surface area contributed by atoms with E-state index in [0.717, 1.165) is 36.6 Å². The Hall–Kier alpha value is -0.680. The van der Waals surface area contributed by atoms with Crippen molar-refractivity contribution in [3.63, 3.8) is 0 Å². The fourth-order valence-electron chi connectivity index (χ4n) is 2.88. The molecule has 0 spiro atoms. The molecule has 1 atom stereocenters. The highest BCUT2D eigenvalue weighted by atomic mass is 32.1. The third-order valence-corrected chi connectivity index (χ3v) is 4.23. The molecule has 0 bridgehead atoms. The number of hydrogen-bond donors (Lipinski definition) is 2. The van der Waals surface area contributed by atoms with Crippen molar-refractivity contribution in [3.8, 4) is 0 Å². The molecule has 1 saturated carbocycles. The largest absolute Gasteiger partial charge is 0.330 e. The SMILES string of the molecule is CC1(C)CC[C@](CN)(Cc2nsc(=O)[nH]2)C1. The Morgan fingerprint density at radius 1 is 1.50 bits per heavy atom. The molecule has 0 radical (unpaired) electrons. The lowest BCUT2D eigenvalue weighted by Crippen LogP contribution is -2.31. The second-order valence-electron chi connectivity index (χ2n) is 5.76. The molecule has 0 amide bonds. The molecule has 1 aromatic heterocycles. The minimum atomic E-state index is -0.0700. The molecule has 5 heteroatoms. The number of aromatic nitrogens is 2. The van der Waals surface area contributed by atoms with Gasteiger partial charge in [0.15, 0.2) is 0 Å². The van der Waals surface area contributed by atoms with Gasteiger partial charge in [0.2, 0.25) is 0 Å². The van der Waals surface area contributed by atoms with Crippen LogP contribution in [-0.2, 0) is 6.42 Å². The van der Waals surface area contributed by atoms with Gasteiger partial charge in [-0.05, 0) is 36.6 Å². The van der Waals surface area contributed by atoms with Gasteiger partial charge >= 0.3 is 4.87 Å². The first kappa shape index (κ1) is 11.8. The van der Waals surface area contributed by atoms with Crippen LogP contribution in [0.2, 0.25) is 0 Å². The van der Waals surface area contributed by atoms with Crippen molar-refractivity contribution in [1.29, 1.82) is 0 Å². The van der Waals surface area contributed by atoms with Crippen molar-refractivity contribution < 1.29 is 0 Å². The first-order valence-corrected chi connectivity index (χ1v) is 6.47. The maximum Gasteiger partial charge on any atom is 0.323 e. The molecule has 1 heterocycles. The standard InChI is InChI=1S/C11H19N3OS/c1-10(2)3-4-11(6-10,7-12)5-8-13-9(15)16-14-8/h3-7,12H2,1-2H3,(H,13,14,15)/t11-/m0/s1. The van der Waals surface area contributed by atoms with E-state index in [4.69, 9.17) is 5.73 Å². The van der Waals surface area contributed by atoms with Crippen molar-refractivity contribution in [1.82, 2.24) is 9.36 Å². The van der Waals surface area contributed by atoms with Gasteiger partial charge in [-0.3, -0.25) is 9.78 Å². The Labute approximate surface area is 99.4 Å². The third-order valence-electron chi connectivity index (χ3n) is 3.65. The number of nitrogens with one attached hydrogen (secondary N) is 1. The Morgan fingerprint density at radius 3 is 2.69 bits per heavy atom. The van der Waals surface area contributed by atoms with E-state index >= 15 is 0 Å². The highest BCUT2D eigenvalue weighted by Crippen LogP contribution is 2.49. The van der Waals surface area contributed by atoms with Crippen LogP contribution in [-0.4, -0.2) is 15.9 Å². The summed E-state index contributed by atoms with van der Waals surface area (Å²) in [6.07, 6.45) is 4.27. The van der Waals surface area contributed by atoms with Gasteiger partial charge in [-0.25, -0.2) is 0 Å². The maximum atomic E-state index is 11.1. The lowest BCUT2D eigenvalue weighted by atomic mass is 9.79. The van der Waals surface area contributed by atoms with E-state index in [1.54, 1.807) is 0 Å². The molecule has 1 aromatic rings. The van der Waals surface area contributed by atoms with E-state index in [9.17, 15) is 4.79 Å². The molecule has 0 aromatic carbocycles. The third kappa shape index (κ3) is 2.35. The first-order chi connectivity index (χ1) is 7.45. The highest BCUT2D eigenvalue weighted by molar-refractivity contribution is 7.02. The normalized spacial score (nSPS) is 28.4. The minimum absolute atomic E-state index is 0.0700. The van der Waals surface area contributed by atoms with E-state index in [1.165, 1.54) is 6.42 Å². The van der Waals surface area contributed by atoms with Crippen LogP contribution in [0, 0.1) is 10.8 Å². The number of hydrogen-bond acceptors (Lipinski definition) is 4. The summed E-state index contributed by atoms with van der Waals surface area (Å²) >= 11 is 0.995. The average molecular weight is 241 g/mol. The molecule has 1 aliphatic rings. The summed E-state index contributed by atoms with van der Waals surface area (Å²) in [5, 5.41) is 0. The van der Waals surface area contributed by atoms with Gasteiger partial charge < -0.3 is 5.73 Å². The molecule has 1 aliphatic carbocycles. The monoisotopic (exact) mass is 241 g/mol. The van der Waals surface area contributed by atoms with Crippen LogP contribution in [0.3, 0.4) is 0 Å². The Kier molecular flexibility index (Phi) is 2.92. The molecular formula is C11H19N3OS. The van der Waals surface area contributed by atoms with Gasteiger partial charge in [-0.2, -0.15) is 4.37 Å². The second kappa shape index (κ2) is 3.96. The lowest BCUT2D eigenvalue weighted by Gasteiger charge is -2.28. The Morgan fingerprint density at radius 2 is 2.25 bits per heavy atom. The summed E-state index contributed by atoms with van der Waals surface area (Å²) in [6.45, 7) is 5.25. The van der Waals surface area contributed by atoms with Crippen molar-refractivity contribution in [2.24, 2.45) is 16.6 Å². The maximum absolute atomic E-state index is 11.1. The molecule has 0 aliphatic heterocycles. The zero-order valence-corrected chi connectivity index (χ0v) is 10.7. The summed E-state index contributed by atoms with van der Waals surface area (Å²) in [5.41, 5.74) is 6.44. The summed E-state index contributed by atoms with van der Waals surface area (Å²) in [6, 6.07) is 0. The van der Waals surface area contributed by atoms with Gasteiger partial charge in [0, 0.05) is 18.0 Å². The molecule has 4 nitrogen and oxygen atoms in total. The molecule has 3 N–H and O–H groups in total. The van der Waals surface area contributed by atoms with Crippen molar-refractivity contribution in [2.75, 3.05) is 6.54 Å².